The molecule has 1 aromatic rings. The van der Waals surface area contributed by atoms with Gasteiger partial charge in [0.15, 0.2) is 0 Å². The molecule has 1 aromatic heterocycles. The van der Waals surface area contributed by atoms with E-state index in [1.807, 2.05) is 11.6 Å². The van der Waals surface area contributed by atoms with Gasteiger partial charge in [-0.3, -0.25) is 9.80 Å². The molecule has 0 amide bonds. The molecule has 0 radical (unpaired) electrons. The summed E-state index contributed by atoms with van der Waals surface area (Å²) in [7, 11) is 1.98. The molecule has 0 spiro atoms. The van der Waals surface area contributed by atoms with Crippen LogP contribution in [0, 0.1) is 0 Å². The molecule has 2 aliphatic rings. The van der Waals surface area contributed by atoms with Crippen molar-refractivity contribution in [1.29, 1.82) is 0 Å². The van der Waals surface area contributed by atoms with Crippen LogP contribution < -0.4 is 0 Å². The molecule has 7 nitrogen and oxygen atoms in total. The molecule has 0 bridgehead atoms. The Bertz CT molecular complexity index is 498. The van der Waals surface area contributed by atoms with E-state index in [2.05, 4.69) is 33.8 Å². The SMILES string of the molecule is CC1CN(CC(O)CN2CCCC2c2nncn2C)CC(C)O1. The minimum atomic E-state index is -0.346. The third-order valence-corrected chi connectivity index (χ3v) is 4.82. The first-order valence-electron chi connectivity index (χ1n) is 8.66. The standard InChI is InChI=1S/C16H29N5O2/c1-12-7-20(8-13(2)23-12)9-14(22)10-21-6-4-5-15(21)16-18-17-11-19(16)3/h11-15,22H,4-10H2,1-3H3. The lowest BCUT2D eigenvalue weighted by atomic mass is 10.2. The number of aliphatic hydroxyl groups is 1. The smallest absolute Gasteiger partial charge is 0.149 e. The Morgan fingerprint density at radius 1 is 1.30 bits per heavy atom. The summed E-state index contributed by atoms with van der Waals surface area (Å²) in [5.74, 6) is 1.00. The van der Waals surface area contributed by atoms with Crippen LogP contribution in [0.15, 0.2) is 6.33 Å². The highest BCUT2D eigenvalue weighted by molar-refractivity contribution is 4.99. The van der Waals surface area contributed by atoms with E-state index >= 15 is 0 Å². The van der Waals surface area contributed by atoms with Gasteiger partial charge in [-0.15, -0.1) is 10.2 Å². The van der Waals surface area contributed by atoms with Gasteiger partial charge >= 0.3 is 0 Å². The number of aryl methyl sites for hydroxylation is 1. The highest BCUT2D eigenvalue weighted by atomic mass is 16.5. The summed E-state index contributed by atoms with van der Waals surface area (Å²) in [4.78, 5) is 4.67. The molecule has 0 aromatic carbocycles. The second-order valence-electron chi connectivity index (χ2n) is 7.08. The summed E-state index contributed by atoms with van der Waals surface area (Å²) in [6.07, 6.45) is 4.12. The number of hydrogen-bond donors (Lipinski definition) is 1. The minimum Gasteiger partial charge on any atom is -0.390 e. The number of nitrogens with zero attached hydrogens (tertiary/aromatic N) is 5. The molecule has 2 saturated heterocycles. The average Bonchev–Trinajstić information content (AvgIpc) is 3.06. The highest BCUT2D eigenvalue weighted by Crippen LogP contribution is 2.30. The number of aliphatic hydroxyl groups excluding tert-OH is 1. The van der Waals surface area contributed by atoms with Crippen LogP contribution >= 0.6 is 0 Å². The first-order valence-corrected chi connectivity index (χ1v) is 8.66. The average molecular weight is 323 g/mol. The van der Waals surface area contributed by atoms with Crippen molar-refractivity contribution in [2.24, 2.45) is 7.05 Å². The topological polar surface area (TPSA) is 66.7 Å². The summed E-state index contributed by atoms with van der Waals surface area (Å²) >= 11 is 0. The van der Waals surface area contributed by atoms with Gasteiger partial charge in [-0.1, -0.05) is 0 Å². The number of β-amino-alcohol motifs (C(OH)–C–C–N with tert-alkyl or cyclic N) is 1. The molecular formula is C16H29N5O2. The number of rotatable bonds is 5. The maximum atomic E-state index is 10.6. The Morgan fingerprint density at radius 3 is 2.70 bits per heavy atom. The van der Waals surface area contributed by atoms with Gasteiger partial charge in [0, 0.05) is 33.2 Å². The van der Waals surface area contributed by atoms with Crippen LogP contribution in [0.5, 0.6) is 0 Å². The van der Waals surface area contributed by atoms with Crippen LogP contribution in [0.1, 0.15) is 38.6 Å². The van der Waals surface area contributed by atoms with Gasteiger partial charge in [-0.2, -0.15) is 0 Å². The van der Waals surface area contributed by atoms with Gasteiger partial charge in [0.2, 0.25) is 0 Å². The van der Waals surface area contributed by atoms with Crippen LogP contribution in [0.2, 0.25) is 0 Å². The molecule has 130 valence electrons. The van der Waals surface area contributed by atoms with Crippen molar-refractivity contribution < 1.29 is 9.84 Å². The fourth-order valence-electron chi connectivity index (χ4n) is 3.99. The molecule has 2 aliphatic heterocycles. The first-order chi connectivity index (χ1) is 11.0. The van der Waals surface area contributed by atoms with E-state index in [4.69, 9.17) is 4.74 Å². The van der Waals surface area contributed by atoms with Crippen LogP contribution in [-0.2, 0) is 11.8 Å². The van der Waals surface area contributed by atoms with Crippen molar-refractivity contribution in [2.75, 3.05) is 32.7 Å². The van der Waals surface area contributed by atoms with Gasteiger partial charge in [0.1, 0.15) is 12.2 Å². The van der Waals surface area contributed by atoms with Crippen LogP contribution in [-0.4, -0.2) is 80.7 Å². The number of ether oxygens (including phenoxy) is 1. The summed E-state index contributed by atoms with van der Waals surface area (Å²) in [6.45, 7) is 8.41. The van der Waals surface area contributed by atoms with E-state index in [1.165, 1.54) is 0 Å². The fourth-order valence-corrected chi connectivity index (χ4v) is 3.99. The second kappa shape index (κ2) is 7.25. The van der Waals surface area contributed by atoms with E-state index in [1.54, 1.807) is 6.33 Å². The maximum absolute atomic E-state index is 10.6. The summed E-state index contributed by atoms with van der Waals surface area (Å²) < 4.78 is 7.75. The van der Waals surface area contributed by atoms with Gasteiger partial charge in [0.25, 0.3) is 0 Å². The molecule has 7 heteroatoms. The van der Waals surface area contributed by atoms with Gasteiger partial charge in [-0.25, -0.2) is 0 Å². The number of aromatic nitrogens is 3. The predicted molar refractivity (Wildman–Crippen MR) is 87.0 cm³/mol. The molecule has 1 N–H and O–H groups in total. The zero-order valence-corrected chi connectivity index (χ0v) is 14.4. The maximum Gasteiger partial charge on any atom is 0.149 e. The first kappa shape index (κ1) is 16.8. The van der Waals surface area contributed by atoms with Crippen molar-refractivity contribution in [3.63, 3.8) is 0 Å². The summed E-state index contributed by atoms with van der Waals surface area (Å²) in [5.41, 5.74) is 0. The third kappa shape index (κ3) is 4.09. The zero-order valence-electron chi connectivity index (χ0n) is 14.4. The lowest BCUT2D eigenvalue weighted by Gasteiger charge is -2.37. The van der Waals surface area contributed by atoms with Crippen LogP contribution in [0.4, 0.5) is 0 Å². The van der Waals surface area contributed by atoms with Gasteiger partial charge in [0.05, 0.1) is 24.4 Å². The summed E-state index contributed by atoms with van der Waals surface area (Å²) in [6, 6.07) is 0.277. The van der Waals surface area contributed by atoms with Crippen molar-refractivity contribution in [3.05, 3.63) is 12.2 Å². The third-order valence-electron chi connectivity index (χ3n) is 4.82. The fraction of sp³-hybridized carbons (Fsp3) is 0.875. The second-order valence-corrected chi connectivity index (χ2v) is 7.08. The Labute approximate surface area is 138 Å². The largest absolute Gasteiger partial charge is 0.390 e. The van der Waals surface area contributed by atoms with Crippen molar-refractivity contribution in [2.45, 2.75) is 51.0 Å². The van der Waals surface area contributed by atoms with E-state index in [-0.39, 0.29) is 24.4 Å². The molecule has 3 heterocycles. The zero-order chi connectivity index (χ0) is 16.4. The van der Waals surface area contributed by atoms with Crippen LogP contribution in [0.25, 0.3) is 0 Å². The van der Waals surface area contributed by atoms with E-state index in [9.17, 15) is 5.11 Å². The number of likely N-dealkylation sites (tertiary alicyclic amines) is 1. The van der Waals surface area contributed by atoms with E-state index in [0.717, 1.165) is 38.3 Å². The molecule has 0 saturated carbocycles. The number of morpholine rings is 1. The molecule has 0 aliphatic carbocycles. The van der Waals surface area contributed by atoms with E-state index < -0.39 is 0 Å². The van der Waals surface area contributed by atoms with Crippen molar-refractivity contribution in [1.82, 2.24) is 24.6 Å². The molecule has 2 fully saturated rings. The Kier molecular flexibility index (Phi) is 5.31. The van der Waals surface area contributed by atoms with Crippen molar-refractivity contribution in [3.8, 4) is 0 Å². The highest BCUT2D eigenvalue weighted by Gasteiger charge is 2.31. The molecule has 23 heavy (non-hydrogen) atoms. The molecule has 4 unspecified atom stereocenters. The predicted octanol–water partition coefficient (Wildman–Crippen LogP) is 0.422. The van der Waals surface area contributed by atoms with Crippen LogP contribution in [0.3, 0.4) is 0 Å². The molecular weight excluding hydrogens is 294 g/mol. The van der Waals surface area contributed by atoms with E-state index in [0.29, 0.717) is 13.1 Å². The number of hydrogen-bond acceptors (Lipinski definition) is 6. The normalized spacial score (nSPS) is 31.6. The Morgan fingerprint density at radius 2 is 2.04 bits per heavy atom. The monoisotopic (exact) mass is 323 g/mol. The Balaban J connectivity index is 1.54. The quantitative estimate of drug-likeness (QED) is 0.847. The van der Waals surface area contributed by atoms with Gasteiger partial charge in [-0.05, 0) is 33.2 Å². The van der Waals surface area contributed by atoms with Gasteiger partial charge < -0.3 is 14.4 Å². The Hall–Kier alpha value is -1.02. The minimum absolute atomic E-state index is 0.240. The lowest BCUT2D eigenvalue weighted by molar-refractivity contribution is -0.0782. The van der Waals surface area contributed by atoms with Crippen molar-refractivity contribution >= 4 is 0 Å². The molecule has 4 atom stereocenters. The molecule has 3 rings (SSSR count). The summed E-state index contributed by atoms with van der Waals surface area (Å²) in [5, 5.41) is 18.8. The lowest BCUT2D eigenvalue weighted by Crippen LogP contribution is -2.49.